The van der Waals surface area contributed by atoms with Crippen molar-refractivity contribution < 1.29 is 4.79 Å². The fourth-order valence-corrected chi connectivity index (χ4v) is 2.94. The Labute approximate surface area is 136 Å². The summed E-state index contributed by atoms with van der Waals surface area (Å²) in [6.07, 6.45) is 3.72. The first-order chi connectivity index (χ1) is 11.2. The van der Waals surface area contributed by atoms with Gasteiger partial charge >= 0.3 is 0 Å². The van der Waals surface area contributed by atoms with Gasteiger partial charge in [-0.15, -0.1) is 0 Å². The van der Waals surface area contributed by atoms with E-state index in [1.165, 1.54) is 5.39 Å². The number of fused-ring (bicyclic) bond motifs is 3. The SMILES string of the molecule is CCCCCC(=O)Nc1cc(C)nc2c1ccc1ccccc12. The molecule has 23 heavy (non-hydrogen) atoms. The largest absolute Gasteiger partial charge is 0.325 e. The van der Waals surface area contributed by atoms with Crippen LogP contribution in [0.5, 0.6) is 0 Å². The normalized spacial score (nSPS) is 11.0. The smallest absolute Gasteiger partial charge is 0.224 e. The molecule has 1 N–H and O–H groups in total. The number of aryl methyl sites for hydroxylation is 1. The van der Waals surface area contributed by atoms with Crippen LogP contribution in [-0.4, -0.2) is 10.9 Å². The van der Waals surface area contributed by atoms with Crippen LogP contribution in [0.15, 0.2) is 42.5 Å². The molecule has 0 aliphatic rings. The molecule has 0 atom stereocenters. The zero-order valence-corrected chi connectivity index (χ0v) is 13.7. The monoisotopic (exact) mass is 306 g/mol. The summed E-state index contributed by atoms with van der Waals surface area (Å²) in [4.78, 5) is 16.9. The van der Waals surface area contributed by atoms with Crippen LogP contribution in [0.2, 0.25) is 0 Å². The van der Waals surface area contributed by atoms with E-state index >= 15 is 0 Å². The summed E-state index contributed by atoms with van der Waals surface area (Å²) in [5.74, 6) is 0.0820. The van der Waals surface area contributed by atoms with Gasteiger partial charge in [-0.05, 0) is 24.8 Å². The Kier molecular flexibility index (Phi) is 4.56. The van der Waals surface area contributed by atoms with E-state index in [2.05, 4.69) is 30.4 Å². The lowest BCUT2D eigenvalue weighted by atomic mass is 10.0. The maximum Gasteiger partial charge on any atom is 0.224 e. The molecular weight excluding hydrogens is 284 g/mol. The minimum atomic E-state index is 0.0820. The van der Waals surface area contributed by atoms with E-state index in [4.69, 9.17) is 4.98 Å². The molecule has 0 saturated carbocycles. The molecule has 0 unspecified atom stereocenters. The number of unbranched alkanes of at least 4 members (excludes halogenated alkanes) is 2. The number of hydrogen-bond acceptors (Lipinski definition) is 2. The van der Waals surface area contributed by atoms with Crippen LogP contribution in [0, 0.1) is 6.92 Å². The molecule has 0 bridgehead atoms. The molecule has 1 aromatic heterocycles. The summed E-state index contributed by atoms with van der Waals surface area (Å²) in [6, 6.07) is 14.3. The maximum absolute atomic E-state index is 12.2. The number of aromatic nitrogens is 1. The van der Waals surface area contributed by atoms with Crippen molar-refractivity contribution in [3.8, 4) is 0 Å². The van der Waals surface area contributed by atoms with Crippen molar-refractivity contribution >= 4 is 33.3 Å². The summed E-state index contributed by atoms with van der Waals surface area (Å²) in [5, 5.41) is 6.35. The number of carbonyl (C=O) groups excluding carboxylic acids is 1. The number of carbonyl (C=O) groups is 1. The second-order valence-corrected chi connectivity index (χ2v) is 6.00. The predicted octanol–water partition coefficient (Wildman–Crippen LogP) is 5.22. The van der Waals surface area contributed by atoms with E-state index in [0.717, 1.165) is 46.9 Å². The first-order valence-electron chi connectivity index (χ1n) is 8.28. The molecule has 1 heterocycles. The lowest BCUT2D eigenvalue weighted by Crippen LogP contribution is -2.11. The van der Waals surface area contributed by atoms with Gasteiger partial charge in [0.05, 0.1) is 11.2 Å². The maximum atomic E-state index is 12.2. The highest BCUT2D eigenvalue weighted by atomic mass is 16.1. The van der Waals surface area contributed by atoms with Crippen LogP contribution in [0.4, 0.5) is 5.69 Å². The van der Waals surface area contributed by atoms with Gasteiger partial charge in [0.25, 0.3) is 0 Å². The molecule has 0 fully saturated rings. The van der Waals surface area contributed by atoms with Gasteiger partial charge in [0, 0.05) is 22.9 Å². The van der Waals surface area contributed by atoms with E-state index in [1.807, 2.05) is 31.2 Å². The third-order valence-corrected chi connectivity index (χ3v) is 4.11. The number of pyridine rings is 1. The van der Waals surface area contributed by atoms with Crippen LogP contribution < -0.4 is 5.32 Å². The van der Waals surface area contributed by atoms with Crippen molar-refractivity contribution in [1.29, 1.82) is 0 Å². The summed E-state index contributed by atoms with van der Waals surface area (Å²) in [7, 11) is 0. The molecule has 1 amide bonds. The molecule has 0 saturated heterocycles. The molecule has 3 nitrogen and oxygen atoms in total. The third kappa shape index (κ3) is 3.34. The highest BCUT2D eigenvalue weighted by Gasteiger charge is 2.10. The fourth-order valence-electron chi connectivity index (χ4n) is 2.94. The molecule has 0 aliphatic carbocycles. The standard InChI is InChI=1S/C20H22N2O/c1-3-4-5-10-19(23)22-18-13-14(2)21-20-16-9-7-6-8-15(16)11-12-17(18)20/h6-9,11-13H,3-5,10H2,1-2H3,(H,21,22,23). The molecule has 118 valence electrons. The van der Waals surface area contributed by atoms with Crippen molar-refractivity contribution in [3.63, 3.8) is 0 Å². The number of benzene rings is 2. The Morgan fingerprint density at radius 3 is 2.74 bits per heavy atom. The Bertz CT molecular complexity index is 855. The zero-order chi connectivity index (χ0) is 16.2. The average Bonchev–Trinajstić information content (AvgIpc) is 2.55. The van der Waals surface area contributed by atoms with Crippen molar-refractivity contribution in [2.75, 3.05) is 5.32 Å². The van der Waals surface area contributed by atoms with Crippen LogP contribution in [0.1, 0.15) is 38.3 Å². The number of rotatable bonds is 5. The Hall–Kier alpha value is -2.42. The van der Waals surface area contributed by atoms with Crippen LogP contribution in [0.25, 0.3) is 21.7 Å². The van der Waals surface area contributed by atoms with Gasteiger partial charge in [-0.25, -0.2) is 0 Å². The molecule has 0 spiro atoms. The van der Waals surface area contributed by atoms with Crippen molar-refractivity contribution in [1.82, 2.24) is 4.98 Å². The number of nitrogens with one attached hydrogen (secondary N) is 1. The number of hydrogen-bond donors (Lipinski definition) is 1. The number of anilines is 1. The van der Waals surface area contributed by atoms with Gasteiger partial charge in [-0.2, -0.15) is 0 Å². The van der Waals surface area contributed by atoms with Gasteiger partial charge in [-0.3, -0.25) is 9.78 Å². The predicted molar refractivity (Wildman–Crippen MR) is 96.8 cm³/mol. The first-order valence-corrected chi connectivity index (χ1v) is 8.28. The van der Waals surface area contributed by atoms with E-state index in [-0.39, 0.29) is 5.91 Å². The molecule has 3 heteroatoms. The Balaban J connectivity index is 2.00. The zero-order valence-electron chi connectivity index (χ0n) is 13.7. The topological polar surface area (TPSA) is 42.0 Å². The summed E-state index contributed by atoms with van der Waals surface area (Å²) < 4.78 is 0. The quantitative estimate of drug-likeness (QED) is 0.519. The first kappa shape index (κ1) is 15.5. The minimum absolute atomic E-state index is 0.0820. The Morgan fingerprint density at radius 2 is 1.91 bits per heavy atom. The van der Waals surface area contributed by atoms with Crippen molar-refractivity contribution in [2.24, 2.45) is 0 Å². The lowest BCUT2D eigenvalue weighted by Gasteiger charge is -2.11. The highest BCUT2D eigenvalue weighted by molar-refractivity contribution is 6.11. The lowest BCUT2D eigenvalue weighted by molar-refractivity contribution is -0.116. The van der Waals surface area contributed by atoms with Crippen LogP contribution >= 0.6 is 0 Å². The molecule has 2 aromatic carbocycles. The second kappa shape index (κ2) is 6.78. The molecular formula is C20H22N2O. The van der Waals surface area contributed by atoms with Crippen molar-refractivity contribution in [2.45, 2.75) is 39.5 Å². The average molecular weight is 306 g/mol. The summed E-state index contributed by atoms with van der Waals surface area (Å²) in [5.41, 5.74) is 2.73. The van der Waals surface area contributed by atoms with E-state index in [0.29, 0.717) is 6.42 Å². The molecule has 0 aliphatic heterocycles. The van der Waals surface area contributed by atoms with Crippen LogP contribution in [0.3, 0.4) is 0 Å². The van der Waals surface area contributed by atoms with Gasteiger partial charge in [-0.1, -0.05) is 56.2 Å². The van der Waals surface area contributed by atoms with Gasteiger partial charge in [0.1, 0.15) is 0 Å². The number of amides is 1. The highest BCUT2D eigenvalue weighted by Crippen LogP contribution is 2.29. The summed E-state index contributed by atoms with van der Waals surface area (Å²) >= 11 is 0. The van der Waals surface area contributed by atoms with E-state index in [1.54, 1.807) is 0 Å². The molecule has 0 radical (unpaired) electrons. The Morgan fingerprint density at radius 1 is 1.09 bits per heavy atom. The minimum Gasteiger partial charge on any atom is -0.325 e. The van der Waals surface area contributed by atoms with Crippen molar-refractivity contribution in [3.05, 3.63) is 48.2 Å². The van der Waals surface area contributed by atoms with Gasteiger partial charge < -0.3 is 5.32 Å². The van der Waals surface area contributed by atoms with Gasteiger partial charge in [0.2, 0.25) is 5.91 Å². The second-order valence-electron chi connectivity index (χ2n) is 6.00. The molecule has 3 rings (SSSR count). The molecule has 3 aromatic rings. The summed E-state index contributed by atoms with van der Waals surface area (Å²) in [6.45, 7) is 4.11. The van der Waals surface area contributed by atoms with Gasteiger partial charge in [0.15, 0.2) is 0 Å². The number of nitrogens with zero attached hydrogens (tertiary/aromatic N) is 1. The fraction of sp³-hybridized carbons (Fsp3) is 0.300. The van der Waals surface area contributed by atoms with E-state index < -0.39 is 0 Å². The third-order valence-electron chi connectivity index (χ3n) is 4.11. The van der Waals surface area contributed by atoms with E-state index in [9.17, 15) is 4.79 Å². The van der Waals surface area contributed by atoms with Crippen LogP contribution in [-0.2, 0) is 4.79 Å².